The highest BCUT2D eigenvalue weighted by Gasteiger charge is 2.23. The van der Waals surface area contributed by atoms with E-state index in [4.69, 9.17) is 16.3 Å². The first-order valence-corrected chi connectivity index (χ1v) is 12.1. The monoisotopic (exact) mass is 390 g/mol. The molecular weight excluding hydrogens is 352 g/mol. The normalized spacial score (nSPS) is 28.8. The Hall–Kier alpha value is -0.690. The van der Waals surface area contributed by atoms with E-state index in [1.54, 1.807) is 0 Å². The first kappa shape index (κ1) is 21.0. The van der Waals surface area contributed by atoms with Gasteiger partial charge in [-0.25, -0.2) is 0 Å². The summed E-state index contributed by atoms with van der Waals surface area (Å²) in [4.78, 5) is 0. The second-order valence-electron chi connectivity index (χ2n) is 9.13. The summed E-state index contributed by atoms with van der Waals surface area (Å²) >= 11 is 5.98. The zero-order valence-electron chi connectivity index (χ0n) is 17.3. The second kappa shape index (κ2) is 11.3. The first-order valence-electron chi connectivity index (χ1n) is 11.6. The molecule has 0 bridgehead atoms. The molecule has 3 rings (SSSR count). The van der Waals surface area contributed by atoms with E-state index in [1.807, 2.05) is 0 Å². The van der Waals surface area contributed by atoms with Gasteiger partial charge >= 0.3 is 0 Å². The summed E-state index contributed by atoms with van der Waals surface area (Å²) in [6.45, 7) is 3.17. The fourth-order valence-electron chi connectivity index (χ4n) is 5.07. The van der Waals surface area contributed by atoms with Crippen LogP contribution in [0.3, 0.4) is 0 Å². The maximum absolute atomic E-state index is 6.10. The van der Waals surface area contributed by atoms with Crippen LogP contribution in [0.5, 0.6) is 5.75 Å². The molecule has 1 aromatic carbocycles. The summed E-state index contributed by atoms with van der Waals surface area (Å²) in [5.74, 6) is 5.09. The van der Waals surface area contributed by atoms with E-state index in [2.05, 4.69) is 31.2 Å². The van der Waals surface area contributed by atoms with Crippen molar-refractivity contribution in [3.8, 4) is 5.75 Å². The van der Waals surface area contributed by atoms with Crippen molar-refractivity contribution in [1.29, 1.82) is 0 Å². The molecule has 27 heavy (non-hydrogen) atoms. The Bertz CT molecular complexity index is 510. The molecule has 0 spiro atoms. The Morgan fingerprint density at radius 2 is 1.44 bits per heavy atom. The average molecular weight is 391 g/mol. The lowest BCUT2D eigenvalue weighted by atomic mass is 9.77. The van der Waals surface area contributed by atoms with Crippen LogP contribution in [0.15, 0.2) is 24.3 Å². The molecule has 2 aliphatic rings. The van der Waals surface area contributed by atoms with Gasteiger partial charge in [-0.1, -0.05) is 44.7 Å². The van der Waals surface area contributed by atoms with Gasteiger partial charge in [0.15, 0.2) is 0 Å². The van der Waals surface area contributed by atoms with Crippen molar-refractivity contribution in [3.05, 3.63) is 29.8 Å². The van der Waals surface area contributed by atoms with E-state index < -0.39 is 0 Å². The molecule has 2 heteroatoms. The van der Waals surface area contributed by atoms with Crippen LogP contribution in [0.2, 0.25) is 0 Å². The van der Waals surface area contributed by atoms with Gasteiger partial charge in [0.05, 0.1) is 6.61 Å². The van der Waals surface area contributed by atoms with E-state index in [-0.39, 0.29) is 0 Å². The van der Waals surface area contributed by atoms with E-state index in [1.165, 1.54) is 82.6 Å². The maximum Gasteiger partial charge on any atom is 0.119 e. The lowest BCUT2D eigenvalue weighted by Gasteiger charge is -2.29. The molecule has 0 saturated heterocycles. The highest BCUT2D eigenvalue weighted by Crippen LogP contribution is 2.38. The summed E-state index contributed by atoms with van der Waals surface area (Å²) in [7, 11) is 0. The molecule has 0 unspecified atom stereocenters. The lowest BCUT2D eigenvalue weighted by Crippen LogP contribution is -2.20. The third-order valence-electron chi connectivity index (χ3n) is 7.08. The highest BCUT2D eigenvalue weighted by molar-refractivity contribution is 6.18. The van der Waals surface area contributed by atoms with Gasteiger partial charge in [-0.3, -0.25) is 0 Å². The number of hydrogen-bond acceptors (Lipinski definition) is 1. The van der Waals surface area contributed by atoms with Gasteiger partial charge in [0, 0.05) is 5.88 Å². The minimum Gasteiger partial charge on any atom is -0.493 e. The van der Waals surface area contributed by atoms with Gasteiger partial charge in [-0.15, -0.1) is 11.6 Å². The van der Waals surface area contributed by atoms with Crippen molar-refractivity contribution >= 4 is 11.6 Å². The molecule has 0 heterocycles. The van der Waals surface area contributed by atoms with E-state index in [0.717, 1.165) is 36.0 Å². The zero-order chi connectivity index (χ0) is 18.9. The van der Waals surface area contributed by atoms with Gasteiger partial charge in [0.25, 0.3) is 0 Å². The standard InChI is InChI=1S/C25H39ClO/c1-2-3-4-5-20-10-12-23(13-11-20)24-14-16-25(17-15-24)27-19-22-8-6-21(18-26)7-9-22/h14-17,20-23H,2-13,18-19H2,1H3. The Kier molecular flexibility index (Phi) is 8.84. The Labute approximate surface area is 172 Å². The number of unbranched alkanes of at least 4 members (excludes halogenated alkanes) is 2. The molecule has 0 aliphatic heterocycles. The first-order chi connectivity index (χ1) is 13.3. The molecule has 1 nitrogen and oxygen atoms in total. The number of ether oxygens (including phenoxy) is 1. The Morgan fingerprint density at radius 3 is 2.07 bits per heavy atom. The predicted molar refractivity (Wildman–Crippen MR) is 117 cm³/mol. The quantitative estimate of drug-likeness (QED) is 0.307. The number of alkyl halides is 1. The third-order valence-corrected chi connectivity index (χ3v) is 7.52. The molecule has 1 aromatic rings. The summed E-state index contributed by atoms with van der Waals surface area (Å²) < 4.78 is 6.10. The summed E-state index contributed by atoms with van der Waals surface area (Å²) in [5, 5.41) is 0. The number of halogens is 1. The van der Waals surface area contributed by atoms with Crippen LogP contribution in [-0.4, -0.2) is 12.5 Å². The molecule has 152 valence electrons. The molecular formula is C25H39ClO. The van der Waals surface area contributed by atoms with Crippen LogP contribution >= 0.6 is 11.6 Å². The van der Waals surface area contributed by atoms with Crippen LogP contribution in [0, 0.1) is 17.8 Å². The SMILES string of the molecule is CCCCCC1CCC(c2ccc(OCC3CCC(CCl)CC3)cc2)CC1. The topological polar surface area (TPSA) is 9.23 Å². The molecule has 2 fully saturated rings. The fraction of sp³-hybridized carbons (Fsp3) is 0.760. The van der Waals surface area contributed by atoms with E-state index in [0.29, 0.717) is 5.92 Å². The van der Waals surface area contributed by atoms with Gasteiger partial charge in [0.2, 0.25) is 0 Å². The minimum atomic E-state index is 0.715. The van der Waals surface area contributed by atoms with Crippen molar-refractivity contribution in [2.24, 2.45) is 17.8 Å². The maximum atomic E-state index is 6.10. The molecule has 0 radical (unpaired) electrons. The fourth-order valence-corrected chi connectivity index (χ4v) is 5.38. The Morgan fingerprint density at radius 1 is 0.815 bits per heavy atom. The van der Waals surface area contributed by atoms with Crippen LogP contribution in [0.1, 0.15) is 95.5 Å². The van der Waals surface area contributed by atoms with Crippen molar-refractivity contribution in [3.63, 3.8) is 0 Å². The highest BCUT2D eigenvalue weighted by atomic mass is 35.5. The number of rotatable bonds is 9. The van der Waals surface area contributed by atoms with Crippen LogP contribution in [-0.2, 0) is 0 Å². The van der Waals surface area contributed by atoms with Gasteiger partial charge < -0.3 is 4.74 Å². The third kappa shape index (κ3) is 6.70. The predicted octanol–water partition coefficient (Wildman–Crippen LogP) is 7.96. The second-order valence-corrected chi connectivity index (χ2v) is 9.44. The largest absolute Gasteiger partial charge is 0.493 e. The minimum absolute atomic E-state index is 0.715. The van der Waals surface area contributed by atoms with E-state index >= 15 is 0 Å². The van der Waals surface area contributed by atoms with E-state index in [9.17, 15) is 0 Å². The summed E-state index contributed by atoms with van der Waals surface area (Å²) in [6.07, 6.45) is 16.4. The van der Waals surface area contributed by atoms with Crippen LogP contribution in [0.25, 0.3) is 0 Å². The molecule has 2 aliphatic carbocycles. The number of hydrogen-bond donors (Lipinski definition) is 0. The molecule has 0 N–H and O–H groups in total. The van der Waals surface area contributed by atoms with Gasteiger partial charge in [-0.2, -0.15) is 0 Å². The van der Waals surface area contributed by atoms with Crippen molar-refractivity contribution in [1.82, 2.24) is 0 Å². The van der Waals surface area contributed by atoms with Crippen molar-refractivity contribution in [2.45, 2.75) is 89.9 Å². The lowest BCUT2D eigenvalue weighted by molar-refractivity contribution is 0.189. The molecule has 0 amide bonds. The van der Waals surface area contributed by atoms with Crippen molar-refractivity contribution in [2.75, 3.05) is 12.5 Å². The van der Waals surface area contributed by atoms with Crippen molar-refractivity contribution < 1.29 is 4.74 Å². The zero-order valence-corrected chi connectivity index (χ0v) is 18.1. The van der Waals surface area contributed by atoms with Crippen LogP contribution in [0.4, 0.5) is 0 Å². The number of benzene rings is 1. The van der Waals surface area contributed by atoms with Gasteiger partial charge in [-0.05, 0) is 92.7 Å². The molecule has 2 saturated carbocycles. The molecule has 0 aromatic heterocycles. The summed E-state index contributed by atoms with van der Waals surface area (Å²) in [5.41, 5.74) is 1.52. The average Bonchev–Trinajstić information content (AvgIpc) is 2.74. The Balaban J connectivity index is 1.38. The molecule has 0 atom stereocenters. The summed E-state index contributed by atoms with van der Waals surface area (Å²) in [6, 6.07) is 9.05. The van der Waals surface area contributed by atoms with Gasteiger partial charge in [0.1, 0.15) is 5.75 Å². The smallest absolute Gasteiger partial charge is 0.119 e. The van der Waals surface area contributed by atoms with Crippen LogP contribution < -0.4 is 4.74 Å².